The second kappa shape index (κ2) is 4.91. The molecule has 5 heteroatoms. The number of hydrogen-bond acceptors (Lipinski definition) is 2. The molecule has 108 valence electrons. The maximum absolute atomic E-state index is 13.0. The van der Waals surface area contributed by atoms with Gasteiger partial charge in [0.15, 0.2) is 5.78 Å². The van der Waals surface area contributed by atoms with Crippen molar-refractivity contribution in [2.45, 2.75) is 16.7 Å². The number of thioether (sulfide) groups is 1. The van der Waals surface area contributed by atoms with Crippen molar-refractivity contribution in [3.8, 4) is 0 Å². The Morgan fingerprint density at radius 2 is 1.57 bits per heavy atom. The maximum atomic E-state index is 13.0. The van der Waals surface area contributed by atoms with Gasteiger partial charge < -0.3 is 0 Å². The fourth-order valence-electron chi connectivity index (χ4n) is 2.74. The van der Waals surface area contributed by atoms with Gasteiger partial charge in [-0.15, -0.1) is 0 Å². The molecule has 0 saturated heterocycles. The van der Waals surface area contributed by atoms with E-state index in [1.54, 1.807) is 54.6 Å². The van der Waals surface area contributed by atoms with Crippen LogP contribution >= 0.6 is 11.8 Å². The first-order valence-corrected chi connectivity index (χ1v) is 7.19. The Morgan fingerprint density at radius 1 is 0.952 bits per heavy atom. The van der Waals surface area contributed by atoms with Crippen LogP contribution in [-0.4, -0.2) is 11.3 Å². The Balaban J connectivity index is 2.15. The van der Waals surface area contributed by atoms with Gasteiger partial charge in [-0.1, -0.05) is 54.6 Å². The number of hydrogen-bond donors (Lipinski definition) is 0. The van der Waals surface area contributed by atoms with Gasteiger partial charge in [-0.2, -0.15) is 13.2 Å². The minimum Gasteiger partial charge on any atom is -0.292 e. The highest BCUT2D eigenvalue weighted by Gasteiger charge is 2.53. The van der Waals surface area contributed by atoms with Crippen molar-refractivity contribution in [1.82, 2.24) is 0 Å². The predicted octanol–water partition coefficient (Wildman–Crippen LogP) is 4.57. The van der Waals surface area contributed by atoms with Gasteiger partial charge in [0, 0.05) is 5.56 Å². The zero-order chi connectivity index (χ0) is 15.1. The standard InChI is InChI=1S/C16H11F3OS/c17-16(18,19)21-15(12-7-2-1-3-8-12)10-11-6-4-5-9-13(11)14(15)20/h1-9H,10H2. The summed E-state index contributed by atoms with van der Waals surface area (Å²) in [7, 11) is 0. The molecule has 1 atom stereocenters. The highest BCUT2D eigenvalue weighted by Crippen LogP contribution is 2.53. The monoisotopic (exact) mass is 308 g/mol. The van der Waals surface area contributed by atoms with Crippen molar-refractivity contribution in [3.05, 3.63) is 71.3 Å². The molecule has 0 bridgehead atoms. The minimum absolute atomic E-state index is 0.0657. The fourth-order valence-corrected chi connectivity index (χ4v) is 3.82. The lowest BCUT2D eigenvalue weighted by molar-refractivity contribution is -0.0342. The number of carbonyl (C=O) groups is 1. The van der Waals surface area contributed by atoms with Crippen molar-refractivity contribution in [3.63, 3.8) is 0 Å². The highest BCUT2D eigenvalue weighted by molar-refractivity contribution is 8.01. The van der Waals surface area contributed by atoms with Gasteiger partial charge in [-0.25, -0.2) is 0 Å². The van der Waals surface area contributed by atoms with E-state index in [-0.39, 0.29) is 18.2 Å². The van der Waals surface area contributed by atoms with E-state index in [4.69, 9.17) is 0 Å². The molecule has 0 aromatic heterocycles. The first kappa shape index (κ1) is 14.2. The Kier molecular flexibility index (Phi) is 3.32. The number of alkyl halides is 3. The number of halogens is 3. The van der Waals surface area contributed by atoms with Crippen molar-refractivity contribution in [2.24, 2.45) is 0 Å². The van der Waals surface area contributed by atoms with Crippen LogP contribution in [0.25, 0.3) is 0 Å². The SMILES string of the molecule is O=C1c2ccccc2CC1(SC(F)(F)F)c1ccccc1. The Hall–Kier alpha value is -1.75. The van der Waals surface area contributed by atoms with E-state index in [9.17, 15) is 18.0 Å². The van der Waals surface area contributed by atoms with Crippen LogP contribution in [0.2, 0.25) is 0 Å². The maximum Gasteiger partial charge on any atom is 0.443 e. The summed E-state index contributed by atoms with van der Waals surface area (Å²) in [5.41, 5.74) is -3.03. The molecule has 1 aliphatic rings. The zero-order valence-electron chi connectivity index (χ0n) is 10.9. The van der Waals surface area contributed by atoms with Crippen LogP contribution in [0.5, 0.6) is 0 Å². The number of carbonyl (C=O) groups excluding carboxylic acids is 1. The van der Waals surface area contributed by atoms with Crippen LogP contribution in [0.1, 0.15) is 21.5 Å². The summed E-state index contributed by atoms with van der Waals surface area (Å²) in [4.78, 5) is 12.7. The molecule has 0 fully saturated rings. The Bertz CT molecular complexity index is 681. The van der Waals surface area contributed by atoms with Crippen LogP contribution in [0.15, 0.2) is 54.6 Å². The molecule has 0 radical (unpaired) electrons. The smallest absolute Gasteiger partial charge is 0.292 e. The quantitative estimate of drug-likeness (QED) is 0.808. The molecule has 2 aromatic rings. The third-order valence-corrected chi connectivity index (χ3v) is 4.74. The van der Waals surface area contributed by atoms with Crippen LogP contribution in [0.4, 0.5) is 13.2 Å². The van der Waals surface area contributed by atoms with E-state index in [2.05, 4.69) is 0 Å². The molecular weight excluding hydrogens is 297 g/mol. The lowest BCUT2D eigenvalue weighted by atomic mass is 9.94. The molecule has 1 aliphatic carbocycles. The molecule has 3 rings (SSSR count). The average molecular weight is 308 g/mol. The van der Waals surface area contributed by atoms with Crippen LogP contribution in [-0.2, 0) is 11.2 Å². The number of ketones is 1. The fraction of sp³-hybridized carbons (Fsp3) is 0.188. The molecule has 0 aliphatic heterocycles. The molecule has 0 saturated carbocycles. The van der Waals surface area contributed by atoms with E-state index < -0.39 is 16.0 Å². The van der Waals surface area contributed by atoms with E-state index in [1.165, 1.54) is 0 Å². The Morgan fingerprint density at radius 3 is 2.19 bits per heavy atom. The topological polar surface area (TPSA) is 17.1 Å². The van der Waals surface area contributed by atoms with Crippen molar-refractivity contribution in [1.29, 1.82) is 0 Å². The first-order chi connectivity index (χ1) is 9.92. The van der Waals surface area contributed by atoms with E-state index in [1.807, 2.05) is 0 Å². The molecule has 2 aromatic carbocycles. The molecule has 0 spiro atoms. The largest absolute Gasteiger partial charge is 0.443 e. The number of benzene rings is 2. The van der Waals surface area contributed by atoms with Gasteiger partial charge >= 0.3 is 5.51 Å². The zero-order valence-corrected chi connectivity index (χ0v) is 11.7. The van der Waals surface area contributed by atoms with Gasteiger partial charge in [-0.3, -0.25) is 4.79 Å². The molecule has 0 amide bonds. The van der Waals surface area contributed by atoms with Crippen molar-refractivity contribution >= 4 is 17.5 Å². The third-order valence-electron chi connectivity index (χ3n) is 3.60. The summed E-state index contributed by atoms with van der Waals surface area (Å²) in [6.07, 6.45) is 0.0657. The second-order valence-corrected chi connectivity index (χ2v) is 6.27. The average Bonchev–Trinajstić information content (AvgIpc) is 2.72. The number of Topliss-reactive ketones (excluding diaryl/α,β-unsaturated/α-hetero) is 1. The molecule has 1 nitrogen and oxygen atoms in total. The predicted molar refractivity (Wildman–Crippen MR) is 76.2 cm³/mol. The molecular formula is C16H11F3OS. The molecule has 0 N–H and O–H groups in total. The van der Waals surface area contributed by atoms with Gasteiger partial charge in [-0.05, 0) is 29.3 Å². The molecule has 1 unspecified atom stereocenters. The summed E-state index contributed by atoms with van der Waals surface area (Å²) in [5, 5.41) is 0. The van der Waals surface area contributed by atoms with Gasteiger partial charge in [0.05, 0.1) is 0 Å². The summed E-state index contributed by atoms with van der Waals surface area (Å²) in [5.74, 6) is -0.466. The second-order valence-electron chi connectivity index (χ2n) is 4.90. The highest BCUT2D eigenvalue weighted by atomic mass is 32.2. The molecule has 0 heterocycles. The van der Waals surface area contributed by atoms with Crippen LogP contribution in [0, 0.1) is 0 Å². The van der Waals surface area contributed by atoms with E-state index in [0.29, 0.717) is 16.7 Å². The lowest BCUT2D eigenvalue weighted by Gasteiger charge is -2.28. The summed E-state index contributed by atoms with van der Waals surface area (Å²) in [6, 6.07) is 14.9. The number of rotatable bonds is 2. The normalized spacial score (nSPS) is 21.4. The van der Waals surface area contributed by atoms with Gasteiger partial charge in [0.1, 0.15) is 4.75 Å². The van der Waals surface area contributed by atoms with Gasteiger partial charge in [0.2, 0.25) is 0 Å². The third kappa shape index (κ3) is 2.46. The van der Waals surface area contributed by atoms with Gasteiger partial charge in [0.25, 0.3) is 0 Å². The van der Waals surface area contributed by atoms with Crippen molar-refractivity contribution < 1.29 is 18.0 Å². The summed E-state index contributed by atoms with van der Waals surface area (Å²) in [6.45, 7) is 0. The van der Waals surface area contributed by atoms with Crippen LogP contribution in [0.3, 0.4) is 0 Å². The molecule has 21 heavy (non-hydrogen) atoms. The van der Waals surface area contributed by atoms with E-state index in [0.717, 1.165) is 0 Å². The summed E-state index contributed by atoms with van der Waals surface area (Å²) >= 11 is -0.220. The van der Waals surface area contributed by atoms with Crippen LogP contribution < -0.4 is 0 Å². The summed E-state index contributed by atoms with van der Waals surface area (Å²) < 4.78 is 37.5. The van der Waals surface area contributed by atoms with E-state index >= 15 is 0 Å². The Labute approximate surface area is 124 Å². The van der Waals surface area contributed by atoms with Crippen molar-refractivity contribution in [2.75, 3.05) is 0 Å². The lowest BCUT2D eigenvalue weighted by Crippen LogP contribution is -2.32. The number of fused-ring (bicyclic) bond motifs is 1. The minimum atomic E-state index is -4.48. The first-order valence-electron chi connectivity index (χ1n) is 6.37.